The Labute approximate surface area is 160 Å². The van der Waals surface area contributed by atoms with Crippen molar-refractivity contribution in [2.45, 2.75) is 12.8 Å². The zero-order valence-electron chi connectivity index (χ0n) is 14.1. The van der Waals surface area contributed by atoms with Gasteiger partial charge in [-0.25, -0.2) is 0 Å². The van der Waals surface area contributed by atoms with E-state index in [0.29, 0.717) is 25.1 Å². The normalized spacial score (nSPS) is 11.9. The summed E-state index contributed by atoms with van der Waals surface area (Å²) in [7, 11) is 0. The Kier molecular flexibility index (Phi) is 6.12. The van der Waals surface area contributed by atoms with E-state index in [4.69, 9.17) is 9.47 Å². The van der Waals surface area contributed by atoms with E-state index in [1.807, 2.05) is 18.2 Å². The summed E-state index contributed by atoms with van der Waals surface area (Å²) in [6, 6.07) is 12.8. The summed E-state index contributed by atoms with van der Waals surface area (Å²) in [5.74, 6) is 1.20. The van der Waals surface area contributed by atoms with Crippen molar-refractivity contribution < 1.29 is 19.1 Å². The summed E-state index contributed by atoms with van der Waals surface area (Å²) in [5.41, 5.74) is 1.63. The van der Waals surface area contributed by atoms with Gasteiger partial charge in [-0.2, -0.15) is 0 Å². The Morgan fingerprint density at radius 3 is 2.54 bits per heavy atom. The van der Waals surface area contributed by atoms with Gasteiger partial charge in [0, 0.05) is 29.5 Å². The van der Waals surface area contributed by atoms with E-state index >= 15 is 0 Å². The first-order valence-electron chi connectivity index (χ1n) is 8.31. The van der Waals surface area contributed by atoms with E-state index in [9.17, 15) is 9.59 Å². The number of benzene rings is 2. The van der Waals surface area contributed by atoms with Gasteiger partial charge in [0.25, 0.3) is 5.91 Å². The van der Waals surface area contributed by atoms with Crippen LogP contribution >= 0.6 is 15.9 Å². The van der Waals surface area contributed by atoms with Crippen molar-refractivity contribution in [3.05, 3.63) is 58.1 Å². The number of carbonyl (C=O) groups excluding carboxylic acids is 2. The Morgan fingerprint density at radius 1 is 0.962 bits per heavy atom. The molecule has 0 spiro atoms. The second kappa shape index (κ2) is 8.71. The van der Waals surface area contributed by atoms with Gasteiger partial charge in [-0.05, 0) is 48.4 Å². The molecule has 1 heterocycles. The minimum absolute atomic E-state index is 0.0955. The maximum atomic E-state index is 11.9. The van der Waals surface area contributed by atoms with E-state index < -0.39 is 0 Å². The largest absolute Gasteiger partial charge is 0.454 e. The second-order valence-corrected chi connectivity index (χ2v) is 6.72. The highest BCUT2D eigenvalue weighted by Crippen LogP contribution is 2.32. The van der Waals surface area contributed by atoms with Crippen LogP contribution in [0.1, 0.15) is 22.3 Å². The first-order valence-corrected chi connectivity index (χ1v) is 9.10. The molecule has 0 bridgehead atoms. The minimum Gasteiger partial charge on any atom is -0.454 e. The summed E-state index contributed by atoms with van der Waals surface area (Å²) in [4.78, 5) is 23.8. The Balaban J connectivity index is 1.34. The number of amides is 2. The van der Waals surface area contributed by atoms with E-state index in [2.05, 4.69) is 26.6 Å². The topological polar surface area (TPSA) is 76.7 Å². The molecule has 0 radical (unpaired) electrons. The number of fused-ring (bicyclic) bond motifs is 1. The molecule has 2 N–H and O–H groups in total. The molecule has 7 heteroatoms. The van der Waals surface area contributed by atoms with E-state index in [0.717, 1.165) is 21.5 Å². The molecule has 2 amide bonds. The monoisotopic (exact) mass is 418 g/mol. The van der Waals surface area contributed by atoms with Gasteiger partial charge in [-0.1, -0.05) is 22.0 Å². The quantitative estimate of drug-likeness (QED) is 0.724. The Hall–Kier alpha value is -2.54. The molecule has 1 aliphatic rings. The molecule has 2 aromatic carbocycles. The molecule has 0 unspecified atom stereocenters. The van der Waals surface area contributed by atoms with Gasteiger partial charge in [-0.15, -0.1) is 0 Å². The van der Waals surface area contributed by atoms with E-state index in [1.165, 1.54) is 0 Å². The van der Waals surface area contributed by atoms with Crippen LogP contribution in [-0.2, 0) is 11.2 Å². The smallest absolute Gasteiger partial charge is 0.251 e. The van der Waals surface area contributed by atoms with Crippen molar-refractivity contribution in [2.75, 3.05) is 19.9 Å². The predicted molar refractivity (Wildman–Crippen MR) is 100 cm³/mol. The zero-order valence-corrected chi connectivity index (χ0v) is 15.7. The van der Waals surface area contributed by atoms with Crippen LogP contribution in [0.3, 0.4) is 0 Å². The zero-order chi connectivity index (χ0) is 18.4. The molecule has 2 aromatic rings. The van der Waals surface area contributed by atoms with Gasteiger partial charge in [0.1, 0.15) is 0 Å². The molecular weight excluding hydrogens is 400 g/mol. The maximum absolute atomic E-state index is 11.9. The molecular formula is C19H19BrN2O4. The third kappa shape index (κ3) is 4.98. The molecule has 0 atom stereocenters. The van der Waals surface area contributed by atoms with Gasteiger partial charge in [0.15, 0.2) is 11.5 Å². The first-order chi connectivity index (χ1) is 12.6. The lowest BCUT2D eigenvalue weighted by Gasteiger charge is -2.07. The van der Waals surface area contributed by atoms with Gasteiger partial charge < -0.3 is 20.1 Å². The van der Waals surface area contributed by atoms with Crippen molar-refractivity contribution in [3.63, 3.8) is 0 Å². The van der Waals surface area contributed by atoms with Crippen LogP contribution in [0, 0.1) is 0 Å². The number of nitrogens with one attached hydrogen (secondary N) is 2. The number of rotatable bonds is 7. The first kappa shape index (κ1) is 18.3. The van der Waals surface area contributed by atoms with Crippen molar-refractivity contribution in [3.8, 4) is 11.5 Å². The third-order valence-corrected chi connectivity index (χ3v) is 4.45. The van der Waals surface area contributed by atoms with Crippen LogP contribution in [-0.4, -0.2) is 31.7 Å². The standard InChI is InChI=1S/C19H19BrN2O4/c20-15-4-2-14(3-5-15)19(24)22-10-8-18(23)21-9-7-13-1-6-16-17(11-13)26-12-25-16/h1-6,11H,7-10,12H2,(H,21,23)(H,22,24). The molecule has 0 aromatic heterocycles. The van der Waals surface area contributed by atoms with Crippen LogP contribution in [0.5, 0.6) is 11.5 Å². The van der Waals surface area contributed by atoms with Crippen molar-refractivity contribution in [1.29, 1.82) is 0 Å². The fraction of sp³-hybridized carbons (Fsp3) is 0.263. The Morgan fingerprint density at radius 2 is 1.73 bits per heavy atom. The van der Waals surface area contributed by atoms with Gasteiger partial charge in [0.05, 0.1) is 0 Å². The minimum atomic E-state index is -0.189. The lowest BCUT2D eigenvalue weighted by atomic mass is 10.1. The average Bonchev–Trinajstić information content (AvgIpc) is 3.10. The summed E-state index contributed by atoms with van der Waals surface area (Å²) in [6.45, 7) is 1.07. The number of hydrogen-bond donors (Lipinski definition) is 2. The van der Waals surface area contributed by atoms with Crippen LogP contribution < -0.4 is 20.1 Å². The predicted octanol–water partition coefficient (Wildman–Crippen LogP) is 2.66. The summed E-state index contributed by atoms with van der Waals surface area (Å²) >= 11 is 3.32. The number of carbonyl (C=O) groups is 2. The molecule has 0 fully saturated rings. The van der Waals surface area contributed by atoms with Gasteiger partial charge in [-0.3, -0.25) is 9.59 Å². The van der Waals surface area contributed by atoms with E-state index in [-0.39, 0.29) is 25.0 Å². The number of hydrogen-bond acceptors (Lipinski definition) is 4. The maximum Gasteiger partial charge on any atom is 0.251 e. The molecule has 0 saturated heterocycles. The lowest BCUT2D eigenvalue weighted by molar-refractivity contribution is -0.120. The summed E-state index contributed by atoms with van der Waals surface area (Å²) in [6.07, 6.45) is 0.942. The molecule has 3 rings (SSSR count). The Bertz CT molecular complexity index is 793. The van der Waals surface area contributed by atoms with Crippen molar-refractivity contribution in [1.82, 2.24) is 10.6 Å². The van der Waals surface area contributed by atoms with Gasteiger partial charge in [0.2, 0.25) is 12.7 Å². The third-order valence-electron chi connectivity index (χ3n) is 3.92. The number of ether oxygens (including phenoxy) is 2. The molecule has 136 valence electrons. The average molecular weight is 419 g/mol. The highest BCUT2D eigenvalue weighted by atomic mass is 79.9. The highest BCUT2D eigenvalue weighted by Gasteiger charge is 2.13. The van der Waals surface area contributed by atoms with Gasteiger partial charge >= 0.3 is 0 Å². The van der Waals surface area contributed by atoms with Crippen LogP contribution in [0.4, 0.5) is 0 Å². The number of halogens is 1. The van der Waals surface area contributed by atoms with Crippen LogP contribution in [0.2, 0.25) is 0 Å². The van der Waals surface area contributed by atoms with Crippen LogP contribution in [0.25, 0.3) is 0 Å². The molecule has 1 aliphatic heterocycles. The van der Waals surface area contributed by atoms with E-state index in [1.54, 1.807) is 24.3 Å². The molecule has 26 heavy (non-hydrogen) atoms. The SMILES string of the molecule is O=C(CCNC(=O)c1ccc(Br)cc1)NCCc1ccc2c(c1)OCO2. The second-order valence-electron chi connectivity index (χ2n) is 5.80. The highest BCUT2D eigenvalue weighted by molar-refractivity contribution is 9.10. The molecule has 0 aliphatic carbocycles. The summed E-state index contributed by atoms with van der Waals surface area (Å²) < 4.78 is 11.5. The van der Waals surface area contributed by atoms with Crippen molar-refractivity contribution in [2.24, 2.45) is 0 Å². The summed E-state index contributed by atoms with van der Waals surface area (Å²) in [5, 5.41) is 5.59. The lowest BCUT2D eigenvalue weighted by Crippen LogP contribution is -2.31. The molecule has 0 saturated carbocycles. The fourth-order valence-corrected chi connectivity index (χ4v) is 2.79. The molecule has 6 nitrogen and oxygen atoms in total. The van der Waals surface area contributed by atoms with Crippen molar-refractivity contribution >= 4 is 27.7 Å². The fourth-order valence-electron chi connectivity index (χ4n) is 2.52. The van der Waals surface area contributed by atoms with Crippen LogP contribution in [0.15, 0.2) is 46.9 Å².